The van der Waals surface area contributed by atoms with E-state index < -0.39 is 17.7 Å². The third kappa shape index (κ3) is 4.05. The van der Waals surface area contributed by atoms with E-state index in [0.29, 0.717) is 28.4 Å². The first-order valence-electron chi connectivity index (χ1n) is 10.6. The SMILES string of the molecule is C=CCOc1cccc(C2/C(=C(/O)c3ccc(OC)c(C)c3)C(=O)C(=O)N2c2cc(C)on2)c1. The molecule has 1 unspecified atom stereocenters. The van der Waals surface area contributed by atoms with E-state index in [1.165, 1.54) is 4.90 Å². The molecule has 1 atom stereocenters. The van der Waals surface area contributed by atoms with Gasteiger partial charge in [0, 0.05) is 11.6 Å². The van der Waals surface area contributed by atoms with Crippen LogP contribution in [0.5, 0.6) is 11.5 Å². The molecule has 0 bridgehead atoms. The van der Waals surface area contributed by atoms with Gasteiger partial charge in [-0.3, -0.25) is 14.5 Å². The minimum Gasteiger partial charge on any atom is -0.507 e. The number of rotatable bonds is 7. The van der Waals surface area contributed by atoms with Gasteiger partial charge in [-0.2, -0.15) is 0 Å². The number of hydrogen-bond acceptors (Lipinski definition) is 7. The topological polar surface area (TPSA) is 102 Å². The Morgan fingerprint density at radius 3 is 2.65 bits per heavy atom. The van der Waals surface area contributed by atoms with Crippen LogP contribution in [-0.4, -0.2) is 35.7 Å². The van der Waals surface area contributed by atoms with Crippen LogP contribution in [0, 0.1) is 13.8 Å². The molecule has 0 radical (unpaired) electrons. The first kappa shape index (κ1) is 22.8. The van der Waals surface area contributed by atoms with Crippen LogP contribution in [0.15, 0.2) is 71.3 Å². The lowest BCUT2D eigenvalue weighted by Gasteiger charge is -2.23. The lowest BCUT2D eigenvalue weighted by molar-refractivity contribution is -0.132. The molecule has 1 N–H and O–H groups in total. The third-order valence-electron chi connectivity index (χ3n) is 5.52. The minimum absolute atomic E-state index is 0.0592. The number of ketones is 1. The molecule has 1 aliphatic rings. The molecule has 2 heterocycles. The highest BCUT2D eigenvalue weighted by atomic mass is 16.5. The predicted molar refractivity (Wildman–Crippen MR) is 126 cm³/mol. The van der Waals surface area contributed by atoms with Crippen molar-refractivity contribution in [1.82, 2.24) is 5.16 Å². The van der Waals surface area contributed by atoms with Gasteiger partial charge in [-0.05, 0) is 55.3 Å². The number of aryl methyl sites for hydroxylation is 2. The molecule has 4 rings (SSSR count). The van der Waals surface area contributed by atoms with Crippen LogP contribution in [0.4, 0.5) is 5.82 Å². The predicted octanol–water partition coefficient (Wildman–Crippen LogP) is 4.49. The number of Topliss-reactive ketones (excluding diaryl/α,β-unsaturated/α-hetero) is 1. The Labute approximate surface area is 196 Å². The van der Waals surface area contributed by atoms with Crippen LogP contribution in [-0.2, 0) is 9.59 Å². The summed E-state index contributed by atoms with van der Waals surface area (Å²) < 4.78 is 16.1. The quantitative estimate of drug-likeness (QED) is 0.240. The van der Waals surface area contributed by atoms with Gasteiger partial charge in [0.05, 0.1) is 18.7 Å². The van der Waals surface area contributed by atoms with Gasteiger partial charge in [0.25, 0.3) is 5.78 Å². The number of hydrogen-bond donors (Lipinski definition) is 1. The fourth-order valence-electron chi connectivity index (χ4n) is 3.96. The number of methoxy groups -OCH3 is 1. The Morgan fingerprint density at radius 2 is 2.00 bits per heavy atom. The zero-order chi connectivity index (χ0) is 24.4. The van der Waals surface area contributed by atoms with Gasteiger partial charge in [0.1, 0.15) is 29.6 Å². The molecule has 8 heteroatoms. The summed E-state index contributed by atoms with van der Waals surface area (Å²) in [5.41, 5.74) is 1.66. The highest BCUT2D eigenvalue weighted by Crippen LogP contribution is 2.42. The Kier molecular flexibility index (Phi) is 6.23. The fourth-order valence-corrected chi connectivity index (χ4v) is 3.96. The zero-order valence-corrected chi connectivity index (χ0v) is 19.1. The Morgan fingerprint density at radius 1 is 1.21 bits per heavy atom. The third-order valence-corrected chi connectivity index (χ3v) is 5.52. The number of carbonyl (C=O) groups is 2. The first-order valence-corrected chi connectivity index (χ1v) is 10.6. The molecule has 0 saturated carbocycles. The molecular formula is C26H24N2O6. The highest BCUT2D eigenvalue weighted by Gasteiger charge is 2.48. The van der Waals surface area contributed by atoms with E-state index in [1.54, 1.807) is 68.6 Å². The van der Waals surface area contributed by atoms with Gasteiger partial charge >= 0.3 is 5.91 Å². The van der Waals surface area contributed by atoms with E-state index in [-0.39, 0.29) is 23.8 Å². The van der Waals surface area contributed by atoms with Crippen LogP contribution in [0.1, 0.15) is 28.5 Å². The van der Waals surface area contributed by atoms with Crippen LogP contribution < -0.4 is 14.4 Å². The number of aromatic nitrogens is 1. The summed E-state index contributed by atoms with van der Waals surface area (Å²) in [6.07, 6.45) is 1.61. The molecule has 2 aromatic carbocycles. The molecule has 3 aromatic rings. The van der Waals surface area contributed by atoms with Gasteiger partial charge in [-0.25, -0.2) is 0 Å². The number of amides is 1. The number of anilines is 1. The monoisotopic (exact) mass is 460 g/mol. The van der Waals surface area contributed by atoms with Crippen LogP contribution in [0.25, 0.3) is 5.76 Å². The number of aliphatic hydroxyl groups excluding tert-OH is 1. The maximum atomic E-state index is 13.2. The molecule has 0 aliphatic carbocycles. The minimum atomic E-state index is -0.945. The van der Waals surface area contributed by atoms with Gasteiger partial charge in [-0.15, -0.1) is 0 Å². The first-order chi connectivity index (χ1) is 16.3. The Balaban J connectivity index is 1.91. The van der Waals surface area contributed by atoms with Crippen molar-refractivity contribution < 1.29 is 28.7 Å². The van der Waals surface area contributed by atoms with Gasteiger partial charge < -0.3 is 19.1 Å². The summed E-state index contributed by atoms with van der Waals surface area (Å²) in [4.78, 5) is 27.6. The van der Waals surface area contributed by atoms with Gasteiger partial charge in [0.15, 0.2) is 5.82 Å². The number of nitrogens with zero attached hydrogens (tertiary/aromatic N) is 2. The highest BCUT2D eigenvalue weighted by molar-refractivity contribution is 6.51. The van der Waals surface area contributed by atoms with Crippen molar-refractivity contribution in [3.8, 4) is 11.5 Å². The summed E-state index contributed by atoms with van der Waals surface area (Å²) in [7, 11) is 1.55. The van der Waals surface area contributed by atoms with E-state index in [4.69, 9.17) is 14.0 Å². The normalized spacial score (nSPS) is 17.1. The van der Waals surface area contributed by atoms with Gasteiger partial charge in [0.2, 0.25) is 0 Å². The second kappa shape index (κ2) is 9.27. The van der Waals surface area contributed by atoms with Crippen molar-refractivity contribution in [1.29, 1.82) is 0 Å². The molecule has 1 aromatic heterocycles. The maximum absolute atomic E-state index is 13.2. The maximum Gasteiger partial charge on any atom is 0.301 e. The van der Waals surface area contributed by atoms with E-state index >= 15 is 0 Å². The van der Waals surface area contributed by atoms with Crippen LogP contribution in [0.2, 0.25) is 0 Å². The van der Waals surface area contributed by atoms with E-state index in [0.717, 1.165) is 5.56 Å². The summed E-state index contributed by atoms with van der Waals surface area (Å²) in [5.74, 6) is -0.124. The molecule has 1 fully saturated rings. The number of ether oxygens (including phenoxy) is 2. The molecule has 34 heavy (non-hydrogen) atoms. The second-order valence-corrected chi connectivity index (χ2v) is 7.82. The fraction of sp³-hybridized carbons (Fsp3) is 0.192. The standard InChI is InChI=1S/C26H24N2O6/c1-5-11-33-19-8-6-7-17(14-19)23-22(24(29)18-9-10-20(32-4)15(2)12-18)25(30)26(31)28(23)21-13-16(3)34-27-21/h5-10,12-14,23,29H,1,11H2,2-4H3/b24-22-. The molecule has 0 spiro atoms. The lowest BCUT2D eigenvalue weighted by atomic mass is 9.94. The molecule has 8 nitrogen and oxygen atoms in total. The van der Waals surface area contributed by atoms with Crippen LogP contribution in [0.3, 0.4) is 0 Å². The van der Waals surface area contributed by atoms with Crippen LogP contribution >= 0.6 is 0 Å². The molecule has 1 saturated heterocycles. The number of aliphatic hydroxyl groups is 1. The second-order valence-electron chi connectivity index (χ2n) is 7.82. The van der Waals surface area contributed by atoms with Crippen molar-refractivity contribution in [2.24, 2.45) is 0 Å². The van der Waals surface area contributed by atoms with Crippen molar-refractivity contribution >= 4 is 23.3 Å². The molecular weight excluding hydrogens is 436 g/mol. The van der Waals surface area contributed by atoms with Crippen molar-refractivity contribution in [3.63, 3.8) is 0 Å². The zero-order valence-electron chi connectivity index (χ0n) is 19.1. The van der Waals surface area contributed by atoms with Crippen molar-refractivity contribution in [3.05, 3.63) is 89.2 Å². The van der Waals surface area contributed by atoms with E-state index in [1.807, 2.05) is 6.92 Å². The number of benzene rings is 2. The lowest BCUT2D eigenvalue weighted by Crippen LogP contribution is -2.29. The van der Waals surface area contributed by atoms with Crippen molar-refractivity contribution in [2.75, 3.05) is 18.6 Å². The summed E-state index contributed by atoms with van der Waals surface area (Å²) in [6.45, 7) is 7.45. The summed E-state index contributed by atoms with van der Waals surface area (Å²) in [6, 6.07) is 12.6. The molecule has 174 valence electrons. The largest absolute Gasteiger partial charge is 0.507 e. The van der Waals surface area contributed by atoms with Crippen molar-refractivity contribution in [2.45, 2.75) is 19.9 Å². The smallest absolute Gasteiger partial charge is 0.301 e. The Hall–Kier alpha value is -4.33. The summed E-state index contributed by atoms with van der Waals surface area (Å²) in [5, 5.41) is 15.2. The van der Waals surface area contributed by atoms with E-state index in [9.17, 15) is 14.7 Å². The molecule has 1 aliphatic heterocycles. The molecule has 1 amide bonds. The Bertz CT molecular complexity index is 1310. The average molecular weight is 460 g/mol. The summed E-state index contributed by atoms with van der Waals surface area (Å²) >= 11 is 0. The van der Waals surface area contributed by atoms with E-state index in [2.05, 4.69) is 11.7 Å². The number of carbonyl (C=O) groups excluding carboxylic acids is 2. The van der Waals surface area contributed by atoms with Gasteiger partial charge in [-0.1, -0.05) is 29.9 Å². The average Bonchev–Trinajstić information content (AvgIpc) is 3.37.